The Morgan fingerprint density at radius 3 is 2.95 bits per heavy atom. The van der Waals surface area contributed by atoms with E-state index in [0.29, 0.717) is 0 Å². The number of aromatic nitrogens is 3. The van der Waals surface area contributed by atoms with Gasteiger partial charge in [-0.2, -0.15) is 0 Å². The Labute approximate surface area is 120 Å². The van der Waals surface area contributed by atoms with Crippen molar-refractivity contribution < 1.29 is 19.0 Å². The van der Waals surface area contributed by atoms with Gasteiger partial charge in [-0.25, -0.2) is 13.9 Å². The predicted octanol–water partition coefficient (Wildman–Crippen LogP) is 0.736. The number of carbonyl (C=O) groups is 1. The molecule has 0 aliphatic rings. The number of hydrogen-bond donors (Lipinski definition) is 2. The molecule has 1 atom stereocenters. The molecule has 0 amide bonds. The summed E-state index contributed by atoms with van der Waals surface area (Å²) in [6.45, 7) is 0.146. The molecule has 0 spiro atoms. The minimum atomic E-state index is -0.987. The number of ether oxygens (including phenoxy) is 1. The summed E-state index contributed by atoms with van der Waals surface area (Å²) in [5, 5.41) is 19.2. The van der Waals surface area contributed by atoms with Crippen LogP contribution < -0.4 is 5.32 Å². The number of aliphatic hydroxyl groups excluding tert-OH is 1. The third kappa shape index (κ3) is 3.54. The van der Waals surface area contributed by atoms with Crippen LogP contribution in [-0.2, 0) is 16.1 Å². The highest BCUT2D eigenvalue weighted by molar-refractivity contribution is 5.80. The lowest BCUT2D eigenvalue weighted by Crippen LogP contribution is -2.23. The van der Waals surface area contributed by atoms with Gasteiger partial charge in [0.05, 0.1) is 32.1 Å². The van der Waals surface area contributed by atoms with Crippen molar-refractivity contribution in [1.29, 1.82) is 0 Å². The number of para-hydroxylation sites is 1. The predicted molar refractivity (Wildman–Crippen MR) is 71.9 cm³/mol. The first-order valence-electron chi connectivity index (χ1n) is 6.25. The quantitative estimate of drug-likeness (QED) is 0.764. The van der Waals surface area contributed by atoms with E-state index in [4.69, 9.17) is 9.84 Å². The maximum Gasteiger partial charge on any atom is 0.334 e. The van der Waals surface area contributed by atoms with Crippen molar-refractivity contribution in [1.82, 2.24) is 15.0 Å². The van der Waals surface area contributed by atoms with Crippen LogP contribution >= 0.6 is 0 Å². The molecule has 0 aliphatic heterocycles. The summed E-state index contributed by atoms with van der Waals surface area (Å²) in [5.41, 5.74) is 0.433. The highest BCUT2D eigenvalue weighted by atomic mass is 19.1. The van der Waals surface area contributed by atoms with Crippen molar-refractivity contribution in [2.24, 2.45) is 0 Å². The molecule has 1 aromatic carbocycles. The van der Waals surface area contributed by atoms with Crippen LogP contribution in [0.2, 0.25) is 0 Å². The van der Waals surface area contributed by atoms with E-state index in [-0.39, 0.29) is 24.5 Å². The largest absolute Gasteiger partial charge is 0.467 e. The van der Waals surface area contributed by atoms with Crippen molar-refractivity contribution in [3.05, 3.63) is 42.0 Å². The van der Waals surface area contributed by atoms with E-state index >= 15 is 0 Å². The van der Waals surface area contributed by atoms with E-state index in [1.165, 1.54) is 30.1 Å². The van der Waals surface area contributed by atoms with Crippen LogP contribution in [0.5, 0.6) is 0 Å². The van der Waals surface area contributed by atoms with Gasteiger partial charge in [0.25, 0.3) is 0 Å². The minimum absolute atomic E-state index is 0.105. The van der Waals surface area contributed by atoms with Gasteiger partial charge < -0.3 is 15.2 Å². The van der Waals surface area contributed by atoms with Crippen LogP contribution in [-0.4, -0.2) is 39.8 Å². The van der Waals surface area contributed by atoms with E-state index in [9.17, 15) is 9.18 Å². The van der Waals surface area contributed by atoms with Gasteiger partial charge in [-0.15, -0.1) is 5.10 Å². The third-order valence-corrected chi connectivity index (χ3v) is 2.79. The summed E-state index contributed by atoms with van der Waals surface area (Å²) < 4.78 is 19.8. The molecular weight excluding hydrogens is 279 g/mol. The molecule has 112 valence electrons. The Morgan fingerprint density at radius 2 is 2.29 bits per heavy atom. The zero-order chi connectivity index (χ0) is 15.2. The Kier molecular flexibility index (Phi) is 4.83. The fraction of sp³-hybridized carbons (Fsp3) is 0.308. The highest BCUT2D eigenvalue weighted by Gasteiger charge is 2.25. The third-order valence-electron chi connectivity index (χ3n) is 2.79. The average molecular weight is 294 g/mol. The van der Waals surface area contributed by atoms with E-state index in [2.05, 4.69) is 15.6 Å². The van der Waals surface area contributed by atoms with Gasteiger partial charge in [0.15, 0.2) is 6.04 Å². The molecule has 0 aliphatic carbocycles. The summed E-state index contributed by atoms with van der Waals surface area (Å²) in [5.74, 6) is -1.11. The number of carbonyl (C=O) groups excluding carboxylic acids is 1. The maximum atomic E-state index is 13.7. The lowest BCUT2D eigenvalue weighted by molar-refractivity contribution is -0.141. The summed E-state index contributed by atoms with van der Waals surface area (Å²) in [7, 11) is 1.23. The van der Waals surface area contributed by atoms with Crippen LogP contribution in [0.1, 0.15) is 11.7 Å². The molecule has 0 radical (unpaired) electrons. The van der Waals surface area contributed by atoms with E-state index in [0.717, 1.165) is 0 Å². The fourth-order valence-electron chi connectivity index (χ4n) is 1.76. The Balaban J connectivity index is 2.26. The Bertz CT molecular complexity index is 617. The molecule has 1 heterocycles. The number of halogens is 1. The average Bonchev–Trinajstić information content (AvgIpc) is 2.94. The zero-order valence-corrected chi connectivity index (χ0v) is 11.4. The number of benzene rings is 1. The number of nitrogens with zero attached hydrogens (tertiary/aromatic N) is 3. The zero-order valence-electron chi connectivity index (χ0n) is 11.4. The van der Waals surface area contributed by atoms with Crippen molar-refractivity contribution in [3.63, 3.8) is 0 Å². The number of anilines is 1. The molecule has 1 unspecified atom stereocenters. The molecule has 0 fully saturated rings. The lowest BCUT2D eigenvalue weighted by Gasteiger charge is -2.15. The van der Waals surface area contributed by atoms with Crippen molar-refractivity contribution >= 4 is 11.7 Å². The van der Waals surface area contributed by atoms with Gasteiger partial charge in [0.2, 0.25) is 0 Å². The van der Waals surface area contributed by atoms with Gasteiger partial charge in [0, 0.05) is 0 Å². The van der Waals surface area contributed by atoms with Crippen molar-refractivity contribution in [2.45, 2.75) is 12.6 Å². The van der Waals surface area contributed by atoms with Crippen molar-refractivity contribution in [3.8, 4) is 0 Å². The molecule has 7 nitrogen and oxygen atoms in total. The second-order valence-corrected chi connectivity index (χ2v) is 4.21. The monoisotopic (exact) mass is 294 g/mol. The normalized spacial score (nSPS) is 12.0. The molecule has 2 N–H and O–H groups in total. The molecule has 0 bridgehead atoms. The topological polar surface area (TPSA) is 89.3 Å². The van der Waals surface area contributed by atoms with Crippen LogP contribution in [0.4, 0.5) is 10.1 Å². The smallest absolute Gasteiger partial charge is 0.334 e. The molecule has 2 rings (SSSR count). The van der Waals surface area contributed by atoms with Gasteiger partial charge >= 0.3 is 5.97 Å². The summed E-state index contributed by atoms with van der Waals surface area (Å²) in [6.07, 6.45) is 1.49. The highest BCUT2D eigenvalue weighted by Crippen LogP contribution is 2.21. The Hall–Kier alpha value is -2.48. The standard InChI is InChI=1S/C13H15FN4O3/c1-21-13(20)12(11-8-18(6-7-19)17-16-11)15-10-5-3-2-4-9(10)14/h2-5,8,12,15,19H,6-7H2,1H3. The molecule has 2 aromatic rings. The van der Waals surface area contributed by atoms with Crippen LogP contribution in [0.15, 0.2) is 30.5 Å². The number of hydrogen-bond acceptors (Lipinski definition) is 6. The first-order chi connectivity index (χ1) is 10.2. The van der Waals surface area contributed by atoms with E-state index in [1.54, 1.807) is 12.1 Å². The maximum absolute atomic E-state index is 13.7. The first-order valence-corrected chi connectivity index (χ1v) is 6.25. The van der Waals surface area contributed by atoms with E-state index in [1.807, 2.05) is 0 Å². The first kappa shape index (κ1) is 14.9. The number of esters is 1. The van der Waals surface area contributed by atoms with Gasteiger partial charge in [-0.05, 0) is 12.1 Å². The second-order valence-electron chi connectivity index (χ2n) is 4.21. The summed E-state index contributed by atoms with van der Waals surface area (Å²) >= 11 is 0. The van der Waals surface area contributed by atoms with Gasteiger partial charge in [-0.3, -0.25) is 0 Å². The van der Waals surface area contributed by atoms with Crippen LogP contribution in [0.3, 0.4) is 0 Å². The van der Waals surface area contributed by atoms with Crippen LogP contribution in [0.25, 0.3) is 0 Å². The molecular formula is C13H15FN4O3. The summed E-state index contributed by atoms with van der Waals surface area (Å²) in [6, 6.07) is 4.98. The molecule has 21 heavy (non-hydrogen) atoms. The van der Waals surface area contributed by atoms with E-state index < -0.39 is 17.8 Å². The molecule has 1 aromatic heterocycles. The fourth-order valence-corrected chi connectivity index (χ4v) is 1.76. The number of rotatable bonds is 6. The number of aliphatic hydroxyl groups is 1. The SMILES string of the molecule is COC(=O)C(Nc1ccccc1F)c1cn(CCO)nn1. The number of methoxy groups -OCH3 is 1. The van der Waals surface area contributed by atoms with Gasteiger partial charge in [-0.1, -0.05) is 17.3 Å². The van der Waals surface area contributed by atoms with Crippen LogP contribution in [0, 0.1) is 5.82 Å². The molecule has 0 saturated heterocycles. The number of nitrogens with one attached hydrogen (secondary N) is 1. The van der Waals surface area contributed by atoms with Crippen molar-refractivity contribution in [2.75, 3.05) is 19.0 Å². The van der Waals surface area contributed by atoms with Gasteiger partial charge in [0.1, 0.15) is 11.5 Å². The Morgan fingerprint density at radius 1 is 1.52 bits per heavy atom. The second kappa shape index (κ2) is 6.80. The summed E-state index contributed by atoms with van der Waals surface area (Å²) in [4.78, 5) is 11.9. The molecule has 8 heteroatoms. The lowest BCUT2D eigenvalue weighted by atomic mass is 10.2. The minimum Gasteiger partial charge on any atom is -0.467 e. The molecule has 0 saturated carbocycles.